The van der Waals surface area contributed by atoms with Crippen molar-refractivity contribution in [2.45, 2.75) is 19.3 Å². The maximum Gasteiger partial charge on any atom is 0.314 e. The van der Waals surface area contributed by atoms with Gasteiger partial charge < -0.3 is 20.3 Å². The third-order valence-corrected chi connectivity index (χ3v) is 4.09. The van der Waals surface area contributed by atoms with E-state index in [1.165, 1.54) is 12.1 Å². The van der Waals surface area contributed by atoms with Gasteiger partial charge in [0.05, 0.1) is 0 Å². The first kappa shape index (κ1) is 17.5. The number of ether oxygens (including phenoxy) is 1. The van der Waals surface area contributed by atoms with Crippen molar-refractivity contribution in [2.75, 3.05) is 44.8 Å². The lowest BCUT2D eigenvalue weighted by Crippen LogP contribution is -2.39. The maximum atomic E-state index is 13.0. The van der Waals surface area contributed by atoms with Gasteiger partial charge in [0.25, 0.3) is 0 Å². The van der Waals surface area contributed by atoms with Crippen molar-refractivity contribution in [1.29, 1.82) is 0 Å². The number of halogens is 1. The summed E-state index contributed by atoms with van der Waals surface area (Å²) in [6.45, 7) is 3.89. The summed E-state index contributed by atoms with van der Waals surface area (Å²) in [5.74, 6) is 0.215. The van der Waals surface area contributed by atoms with Crippen LogP contribution in [-0.2, 0) is 4.74 Å². The van der Waals surface area contributed by atoms with Crippen molar-refractivity contribution in [3.63, 3.8) is 0 Å². The van der Waals surface area contributed by atoms with Gasteiger partial charge >= 0.3 is 6.03 Å². The molecule has 0 aromatic heterocycles. The average molecular weight is 323 g/mol. The number of hydrogen-bond acceptors (Lipinski definition) is 3. The Morgan fingerprint density at radius 3 is 2.83 bits per heavy atom. The molecular formula is C17H26FN3O2. The fraction of sp³-hybridized carbons (Fsp3) is 0.588. The first-order chi connectivity index (χ1) is 11.2. The van der Waals surface area contributed by atoms with Gasteiger partial charge in [0, 0.05) is 45.6 Å². The molecule has 1 aliphatic rings. The molecule has 0 saturated carbocycles. The number of carbonyl (C=O) groups excluding carboxylic acids is 1. The molecule has 0 bridgehead atoms. The third-order valence-electron chi connectivity index (χ3n) is 4.09. The van der Waals surface area contributed by atoms with Crippen LogP contribution in [0.5, 0.6) is 0 Å². The molecule has 2 N–H and O–H groups in total. The normalized spacial score (nSPS) is 17.3. The van der Waals surface area contributed by atoms with Gasteiger partial charge in [-0.3, -0.25) is 0 Å². The van der Waals surface area contributed by atoms with Crippen LogP contribution in [-0.4, -0.2) is 45.9 Å². The fourth-order valence-corrected chi connectivity index (χ4v) is 2.76. The van der Waals surface area contributed by atoms with Crippen LogP contribution in [0, 0.1) is 11.7 Å². The summed E-state index contributed by atoms with van der Waals surface area (Å²) < 4.78 is 17.9. The van der Waals surface area contributed by atoms with E-state index in [0.717, 1.165) is 44.6 Å². The second-order valence-corrected chi connectivity index (χ2v) is 5.91. The Morgan fingerprint density at radius 2 is 2.09 bits per heavy atom. The van der Waals surface area contributed by atoms with Crippen LogP contribution in [0.25, 0.3) is 0 Å². The fourth-order valence-electron chi connectivity index (χ4n) is 2.76. The summed E-state index contributed by atoms with van der Waals surface area (Å²) in [7, 11) is 1.68. The van der Waals surface area contributed by atoms with Crippen molar-refractivity contribution >= 4 is 11.7 Å². The van der Waals surface area contributed by atoms with Crippen molar-refractivity contribution in [3.8, 4) is 0 Å². The van der Waals surface area contributed by atoms with Gasteiger partial charge in [0.2, 0.25) is 0 Å². The molecule has 6 heteroatoms. The van der Waals surface area contributed by atoms with E-state index in [1.54, 1.807) is 19.2 Å². The third kappa shape index (κ3) is 6.06. The Balaban J connectivity index is 1.62. The number of amides is 2. The van der Waals surface area contributed by atoms with E-state index in [-0.39, 0.29) is 11.8 Å². The van der Waals surface area contributed by atoms with E-state index in [4.69, 9.17) is 4.74 Å². The molecule has 128 valence electrons. The molecule has 0 radical (unpaired) electrons. The molecule has 1 aromatic carbocycles. The number of benzene rings is 1. The summed E-state index contributed by atoms with van der Waals surface area (Å²) >= 11 is 0. The molecule has 1 fully saturated rings. The van der Waals surface area contributed by atoms with Crippen LogP contribution in [0.1, 0.15) is 19.3 Å². The zero-order valence-electron chi connectivity index (χ0n) is 13.7. The number of carbonyl (C=O) groups is 1. The Morgan fingerprint density at radius 1 is 1.30 bits per heavy atom. The number of urea groups is 1. The van der Waals surface area contributed by atoms with E-state index >= 15 is 0 Å². The van der Waals surface area contributed by atoms with Crippen LogP contribution in [0.3, 0.4) is 0 Å². The molecular weight excluding hydrogens is 297 g/mol. The highest BCUT2D eigenvalue weighted by molar-refractivity contribution is 5.73. The van der Waals surface area contributed by atoms with Gasteiger partial charge in [-0.15, -0.1) is 0 Å². The summed E-state index contributed by atoms with van der Waals surface area (Å²) in [4.78, 5) is 13.9. The Hall–Kier alpha value is -1.82. The minimum atomic E-state index is -0.215. The number of rotatable bonds is 8. The highest BCUT2D eigenvalue weighted by Gasteiger charge is 2.23. The summed E-state index contributed by atoms with van der Waals surface area (Å²) in [5.41, 5.74) is 1.04. The topological polar surface area (TPSA) is 53.6 Å². The predicted octanol–water partition coefficient (Wildman–Crippen LogP) is 2.38. The van der Waals surface area contributed by atoms with Crippen molar-refractivity contribution in [2.24, 2.45) is 5.92 Å². The van der Waals surface area contributed by atoms with E-state index in [2.05, 4.69) is 15.5 Å². The Labute approximate surface area is 137 Å². The smallest absolute Gasteiger partial charge is 0.314 e. The number of methoxy groups -OCH3 is 1. The molecule has 1 aromatic rings. The average Bonchev–Trinajstić information content (AvgIpc) is 3.02. The second kappa shape index (κ2) is 9.35. The molecule has 1 saturated heterocycles. The predicted molar refractivity (Wildman–Crippen MR) is 89.2 cm³/mol. The van der Waals surface area contributed by atoms with Crippen LogP contribution in [0.4, 0.5) is 14.9 Å². The number of anilines is 1. The Bertz CT molecular complexity index is 481. The zero-order valence-corrected chi connectivity index (χ0v) is 13.7. The van der Waals surface area contributed by atoms with E-state index in [0.29, 0.717) is 19.0 Å². The van der Waals surface area contributed by atoms with Gasteiger partial charge in [-0.25, -0.2) is 9.18 Å². The molecule has 2 amide bonds. The largest absolute Gasteiger partial charge is 0.385 e. The van der Waals surface area contributed by atoms with Crippen molar-refractivity contribution in [1.82, 2.24) is 10.6 Å². The molecule has 1 unspecified atom stereocenters. The van der Waals surface area contributed by atoms with Gasteiger partial charge in [0.1, 0.15) is 5.82 Å². The monoisotopic (exact) mass is 323 g/mol. The Kier molecular flexibility index (Phi) is 7.13. The maximum absolute atomic E-state index is 13.0. The zero-order chi connectivity index (χ0) is 16.5. The van der Waals surface area contributed by atoms with Crippen LogP contribution < -0.4 is 15.5 Å². The molecule has 0 aliphatic carbocycles. The quantitative estimate of drug-likeness (QED) is 0.722. The highest BCUT2D eigenvalue weighted by atomic mass is 19.1. The van der Waals surface area contributed by atoms with Gasteiger partial charge in [-0.1, -0.05) is 0 Å². The molecule has 1 aliphatic heterocycles. The SMILES string of the molecule is COCCCCNC(=O)NCC1CCN(c2ccc(F)cc2)C1. The minimum Gasteiger partial charge on any atom is -0.385 e. The van der Waals surface area contributed by atoms with E-state index < -0.39 is 0 Å². The van der Waals surface area contributed by atoms with Crippen molar-refractivity contribution < 1.29 is 13.9 Å². The summed E-state index contributed by atoms with van der Waals surface area (Å²) in [5, 5.41) is 5.78. The lowest BCUT2D eigenvalue weighted by atomic mass is 10.1. The van der Waals surface area contributed by atoms with Gasteiger partial charge in [-0.2, -0.15) is 0 Å². The second-order valence-electron chi connectivity index (χ2n) is 5.91. The first-order valence-electron chi connectivity index (χ1n) is 8.20. The number of nitrogens with one attached hydrogen (secondary N) is 2. The van der Waals surface area contributed by atoms with Gasteiger partial charge in [-0.05, 0) is 49.4 Å². The lowest BCUT2D eigenvalue weighted by molar-refractivity contribution is 0.192. The molecule has 23 heavy (non-hydrogen) atoms. The number of nitrogens with zero attached hydrogens (tertiary/aromatic N) is 1. The molecule has 5 nitrogen and oxygen atoms in total. The number of hydrogen-bond donors (Lipinski definition) is 2. The molecule has 1 heterocycles. The van der Waals surface area contributed by atoms with Gasteiger partial charge in [0.15, 0.2) is 0 Å². The lowest BCUT2D eigenvalue weighted by Gasteiger charge is -2.19. The van der Waals surface area contributed by atoms with Crippen LogP contribution in [0.15, 0.2) is 24.3 Å². The molecule has 0 spiro atoms. The standard InChI is InChI=1S/C17H26FN3O2/c1-23-11-3-2-9-19-17(22)20-12-14-8-10-21(13-14)16-6-4-15(18)5-7-16/h4-7,14H,2-3,8-13H2,1H3,(H2,19,20,22). The molecule has 1 atom stereocenters. The summed E-state index contributed by atoms with van der Waals surface area (Å²) in [6, 6.07) is 6.47. The van der Waals surface area contributed by atoms with Crippen molar-refractivity contribution in [3.05, 3.63) is 30.1 Å². The highest BCUT2D eigenvalue weighted by Crippen LogP contribution is 2.23. The van der Waals surface area contributed by atoms with E-state index in [9.17, 15) is 9.18 Å². The first-order valence-corrected chi connectivity index (χ1v) is 8.20. The molecule has 2 rings (SSSR count). The van der Waals surface area contributed by atoms with Crippen LogP contribution in [0.2, 0.25) is 0 Å². The number of unbranched alkanes of at least 4 members (excludes halogenated alkanes) is 1. The summed E-state index contributed by atoms with van der Waals surface area (Å²) in [6.07, 6.45) is 2.90. The van der Waals surface area contributed by atoms with E-state index in [1.807, 2.05) is 0 Å². The minimum absolute atomic E-state index is 0.109. The van der Waals surface area contributed by atoms with Crippen LogP contribution >= 0.6 is 0 Å².